The monoisotopic (exact) mass is 365 g/mol. The number of benzene rings is 2. The quantitative estimate of drug-likeness (QED) is 0.675. The van der Waals surface area contributed by atoms with Crippen molar-refractivity contribution in [3.8, 4) is 5.75 Å². The summed E-state index contributed by atoms with van der Waals surface area (Å²) < 4.78 is 8.36. The first-order valence-corrected chi connectivity index (χ1v) is 9.15. The van der Waals surface area contributed by atoms with Crippen LogP contribution in [-0.4, -0.2) is 33.1 Å². The molecule has 1 aliphatic carbocycles. The van der Waals surface area contributed by atoms with Gasteiger partial charge in [-0.25, -0.2) is 4.79 Å². The molecule has 0 spiro atoms. The Kier molecular flexibility index (Phi) is 4.48. The summed E-state index contributed by atoms with van der Waals surface area (Å²) >= 11 is 0. The number of carbonyl (C=O) groups excluding carboxylic acids is 1. The topological polar surface area (TPSA) is 56.5 Å². The molecule has 1 heterocycles. The second-order valence-electron chi connectivity index (χ2n) is 7.02. The number of nitrogens with zero attached hydrogens (tertiary/aromatic N) is 3. The first-order valence-electron chi connectivity index (χ1n) is 9.15. The summed E-state index contributed by atoms with van der Waals surface area (Å²) in [5, 5.41) is 0. The number of fused-ring (bicyclic) bond motifs is 1. The highest BCUT2D eigenvalue weighted by atomic mass is 16.5. The van der Waals surface area contributed by atoms with E-state index in [-0.39, 0.29) is 24.2 Å². The lowest BCUT2D eigenvalue weighted by Gasteiger charge is -2.23. The smallest absolute Gasteiger partial charge is 0.329 e. The van der Waals surface area contributed by atoms with Crippen molar-refractivity contribution < 1.29 is 9.53 Å². The zero-order valence-electron chi connectivity index (χ0n) is 15.6. The van der Waals surface area contributed by atoms with Crippen molar-refractivity contribution in [3.05, 3.63) is 64.6 Å². The lowest BCUT2D eigenvalue weighted by Crippen LogP contribution is -2.37. The van der Waals surface area contributed by atoms with Crippen LogP contribution in [0.2, 0.25) is 0 Å². The molecule has 27 heavy (non-hydrogen) atoms. The van der Waals surface area contributed by atoms with Crippen LogP contribution in [-0.2, 0) is 24.9 Å². The van der Waals surface area contributed by atoms with Gasteiger partial charge in [-0.05, 0) is 42.7 Å². The maximum absolute atomic E-state index is 13.1. The molecule has 0 atom stereocenters. The fourth-order valence-corrected chi connectivity index (χ4v) is 3.48. The number of hydrogen-bond acceptors (Lipinski definition) is 3. The molecule has 0 radical (unpaired) electrons. The molecule has 1 saturated carbocycles. The normalized spacial score (nSPS) is 13.7. The minimum Gasteiger partial charge on any atom is -0.497 e. The predicted molar refractivity (Wildman–Crippen MR) is 104 cm³/mol. The average molecular weight is 365 g/mol. The summed E-state index contributed by atoms with van der Waals surface area (Å²) in [6, 6.07) is 15.6. The largest absolute Gasteiger partial charge is 0.497 e. The van der Waals surface area contributed by atoms with Crippen LogP contribution in [0.15, 0.2) is 53.3 Å². The van der Waals surface area contributed by atoms with Gasteiger partial charge in [-0.1, -0.05) is 24.3 Å². The number of aryl methyl sites for hydroxylation is 1. The molecule has 0 unspecified atom stereocenters. The lowest BCUT2D eigenvalue weighted by atomic mass is 10.2. The van der Waals surface area contributed by atoms with Crippen molar-refractivity contribution in [1.82, 2.24) is 14.0 Å². The number of rotatable bonds is 6. The fourth-order valence-electron chi connectivity index (χ4n) is 3.48. The second kappa shape index (κ2) is 6.95. The number of carbonyl (C=O) groups is 1. The van der Waals surface area contributed by atoms with Crippen molar-refractivity contribution in [2.75, 3.05) is 7.11 Å². The van der Waals surface area contributed by atoms with Crippen LogP contribution in [0.4, 0.5) is 0 Å². The second-order valence-corrected chi connectivity index (χ2v) is 7.02. The Bertz CT molecular complexity index is 1030. The summed E-state index contributed by atoms with van der Waals surface area (Å²) in [5.41, 5.74) is 2.52. The van der Waals surface area contributed by atoms with E-state index in [0.29, 0.717) is 6.54 Å². The van der Waals surface area contributed by atoms with Gasteiger partial charge in [0.25, 0.3) is 0 Å². The third-order valence-electron chi connectivity index (χ3n) is 5.17. The summed E-state index contributed by atoms with van der Waals surface area (Å²) in [6.07, 6.45) is 2.04. The Morgan fingerprint density at radius 1 is 1.11 bits per heavy atom. The molecule has 2 aromatic carbocycles. The van der Waals surface area contributed by atoms with E-state index in [1.165, 1.54) is 0 Å². The molecule has 1 fully saturated rings. The molecule has 0 bridgehead atoms. The summed E-state index contributed by atoms with van der Waals surface area (Å²) in [4.78, 5) is 27.6. The number of para-hydroxylation sites is 2. The number of aromatic nitrogens is 2. The number of ether oxygens (including phenoxy) is 1. The minimum absolute atomic E-state index is 0.0215. The van der Waals surface area contributed by atoms with Crippen molar-refractivity contribution in [3.63, 3.8) is 0 Å². The average Bonchev–Trinajstić information content (AvgIpc) is 3.51. The number of imidazole rings is 1. The highest BCUT2D eigenvalue weighted by molar-refractivity contribution is 5.81. The highest BCUT2D eigenvalue weighted by Crippen LogP contribution is 2.29. The zero-order chi connectivity index (χ0) is 19.0. The molecule has 4 rings (SSSR count). The zero-order valence-corrected chi connectivity index (χ0v) is 15.6. The van der Waals surface area contributed by atoms with E-state index in [1.54, 1.807) is 23.3 Å². The van der Waals surface area contributed by atoms with Crippen LogP contribution in [0, 0.1) is 0 Å². The third-order valence-corrected chi connectivity index (χ3v) is 5.17. The standard InChI is InChI=1S/C21H23N3O3/c1-22-18-5-3-4-6-19(18)24(21(22)26)14-20(25)23(16-9-10-16)13-15-7-11-17(27-2)12-8-15/h3-8,11-12,16H,9-10,13-14H2,1-2H3. The molecule has 1 amide bonds. The number of amides is 1. The first-order chi connectivity index (χ1) is 13.1. The van der Waals surface area contributed by atoms with Crippen molar-refractivity contribution in [1.29, 1.82) is 0 Å². The summed E-state index contributed by atoms with van der Waals surface area (Å²) in [7, 11) is 3.37. The minimum atomic E-state index is -0.162. The maximum Gasteiger partial charge on any atom is 0.329 e. The van der Waals surface area contributed by atoms with E-state index in [2.05, 4.69) is 0 Å². The third kappa shape index (κ3) is 3.35. The van der Waals surface area contributed by atoms with Gasteiger partial charge >= 0.3 is 5.69 Å². The van der Waals surface area contributed by atoms with E-state index >= 15 is 0 Å². The van der Waals surface area contributed by atoms with Gasteiger partial charge in [0.05, 0.1) is 18.1 Å². The van der Waals surface area contributed by atoms with Crippen molar-refractivity contribution in [2.24, 2.45) is 7.05 Å². The van der Waals surface area contributed by atoms with Crippen LogP contribution >= 0.6 is 0 Å². The van der Waals surface area contributed by atoms with Gasteiger partial charge < -0.3 is 9.64 Å². The van der Waals surface area contributed by atoms with Crippen molar-refractivity contribution >= 4 is 16.9 Å². The Morgan fingerprint density at radius 3 is 2.41 bits per heavy atom. The van der Waals surface area contributed by atoms with E-state index in [1.807, 2.05) is 53.4 Å². The van der Waals surface area contributed by atoms with Gasteiger partial charge in [0.15, 0.2) is 0 Å². The summed E-state index contributed by atoms with van der Waals surface area (Å²) in [6.45, 7) is 0.611. The Morgan fingerprint density at radius 2 is 1.78 bits per heavy atom. The van der Waals surface area contributed by atoms with Crippen molar-refractivity contribution in [2.45, 2.75) is 32.0 Å². The highest BCUT2D eigenvalue weighted by Gasteiger charge is 2.33. The molecular formula is C21H23N3O3. The van der Waals surface area contributed by atoms with E-state index in [4.69, 9.17) is 4.74 Å². The van der Waals surface area contributed by atoms with Crippen LogP contribution in [0.1, 0.15) is 18.4 Å². The molecule has 6 heteroatoms. The van der Waals surface area contributed by atoms with E-state index < -0.39 is 0 Å². The molecule has 6 nitrogen and oxygen atoms in total. The van der Waals surface area contributed by atoms with Gasteiger partial charge in [0.1, 0.15) is 12.3 Å². The molecular weight excluding hydrogens is 342 g/mol. The van der Waals surface area contributed by atoms with Gasteiger partial charge in [-0.3, -0.25) is 13.9 Å². The molecule has 140 valence electrons. The van der Waals surface area contributed by atoms with E-state index in [9.17, 15) is 9.59 Å². The Hall–Kier alpha value is -3.02. The molecule has 1 aliphatic rings. The van der Waals surface area contributed by atoms with Crippen LogP contribution < -0.4 is 10.4 Å². The fraction of sp³-hybridized carbons (Fsp3) is 0.333. The number of methoxy groups -OCH3 is 1. The lowest BCUT2D eigenvalue weighted by molar-refractivity contribution is -0.133. The Balaban J connectivity index is 1.58. The van der Waals surface area contributed by atoms with Gasteiger partial charge in [-0.2, -0.15) is 0 Å². The van der Waals surface area contributed by atoms with Gasteiger partial charge in [0, 0.05) is 19.6 Å². The van der Waals surface area contributed by atoms with Crippen LogP contribution in [0.5, 0.6) is 5.75 Å². The molecule has 3 aromatic rings. The predicted octanol–water partition coefficient (Wildman–Crippen LogP) is 2.54. The van der Waals surface area contributed by atoms with Crippen LogP contribution in [0.25, 0.3) is 11.0 Å². The molecule has 1 aromatic heterocycles. The van der Waals surface area contributed by atoms with Gasteiger partial charge in [-0.15, -0.1) is 0 Å². The number of hydrogen-bond donors (Lipinski definition) is 0. The summed E-state index contributed by atoms with van der Waals surface area (Å²) in [5.74, 6) is 0.775. The molecule has 0 aliphatic heterocycles. The molecule has 0 N–H and O–H groups in total. The SMILES string of the molecule is COc1ccc(CN(C(=O)Cn2c(=O)n(C)c3ccccc32)C2CC2)cc1. The van der Waals surface area contributed by atoms with Gasteiger partial charge in [0.2, 0.25) is 5.91 Å². The van der Waals surface area contributed by atoms with Crippen LogP contribution in [0.3, 0.4) is 0 Å². The molecule has 0 saturated heterocycles. The first kappa shape index (κ1) is 17.4. The maximum atomic E-state index is 13.1. The van der Waals surface area contributed by atoms with E-state index in [0.717, 1.165) is 35.2 Å². The Labute approximate surface area is 157 Å².